The van der Waals surface area contributed by atoms with Gasteiger partial charge in [0.25, 0.3) is 0 Å². The van der Waals surface area contributed by atoms with Crippen molar-refractivity contribution in [3.05, 3.63) is 29.8 Å². The van der Waals surface area contributed by atoms with Gasteiger partial charge in [0.1, 0.15) is 0 Å². The predicted octanol–water partition coefficient (Wildman–Crippen LogP) is 2.27. The van der Waals surface area contributed by atoms with Crippen molar-refractivity contribution >= 4 is 10.0 Å². The van der Waals surface area contributed by atoms with Crippen LogP contribution < -0.4 is 0 Å². The Morgan fingerprint density at radius 1 is 1.19 bits per heavy atom. The number of rotatable bonds is 4. The smallest absolute Gasteiger partial charge is 0.207 e. The SMILES string of the molecule is Cc1ccc(S(=O)(=O)N(C)CC(C)C)cc1. The molecule has 0 aliphatic carbocycles. The first-order chi connectivity index (χ1) is 7.34. The summed E-state index contributed by atoms with van der Waals surface area (Å²) in [5, 5.41) is 0. The van der Waals surface area contributed by atoms with E-state index in [1.807, 2.05) is 32.9 Å². The molecule has 0 N–H and O–H groups in total. The van der Waals surface area contributed by atoms with Gasteiger partial charge in [0.15, 0.2) is 0 Å². The summed E-state index contributed by atoms with van der Waals surface area (Å²) < 4.78 is 25.6. The molecule has 16 heavy (non-hydrogen) atoms. The van der Waals surface area contributed by atoms with Gasteiger partial charge in [-0.3, -0.25) is 0 Å². The van der Waals surface area contributed by atoms with E-state index in [9.17, 15) is 8.42 Å². The molecule has 90 valence electrons. The number of sulfonamides is 1. The van der Waals surface area contributed by atoms with Crippen molar-refractivity contribution in [1.82, 2.24) is 4.31 Å². The molecule has 0 spiro atoms. The zero-order valence-corrected chi connectivity index (χ0v) is 11.1. The molecule has 0 amide bonds. The molecule has 0 saturated heterocycles. The Morgan fingerprint density at radius 2 is 1.69 bits per heavy atom. The van der Waals surface area contributed by atoms with Crippen LogP contribution in [-0.2, 0) is 10.0 Å². The fourth-order valence-corrected chi connectivity index (χ4v) is 2.84. The molecule has 0 aromatic heterocycles. The Kier molecular flexibility index (Phi) is 4.10. The number of benzene rings is 1. The minimum Gasteiger partial charge on any atom is -0.207 e. The molecule has 1 aromatic carbocycles. The second kappa shape index (κ2) is 4.97. The molecule has 0 fully saturated rings. The van der Waals surface area contributed by atoms with Crippen LogP contribution in [0, 0.1) is 12.8 Å². The van der Waals surface area contributed by atoms with Crippen molar-refractivity contribution in [1.29, 1.82) is 0 Å². The molecular weight excluding hydrogens is 222 g/mol. The third-order valence-corrected chi connectivity index (χ3v) is 4.19. The van der Waals surface area contributed by atoms with Crippen molar-refractivity contribution in [2.45, 2.75) is 25.7 Å². The van der Waals surface area contributed by atoms with Crippen molar-refractivity contribution in [2.75, 3.05) is 13.6 Å². The van der Waals surface area contributed by atoms with Crippen LogP contribution in [0.2, 0.25) is 0 Å². The molecule has 1 aromatic rings. The van der Waals surface area contributed by atoms with E-state index in [0.29, 0.717) is 17.4 Å². The molecule has 0 unspecified atom stereocenters. The molecular formula is C12H19NO2S. The van der Waals surface area contributed by atoms with Crippen LogP contribution in [0.3, 0.4) is 0 Å². The van der Waals surface area contributed by atoms with Gasteiger partial charge in [0.05, 0.1) is 4.90 Å². The Hall–Kier alpha value is -0.870. The van der Waals surface area contributed by atoms with E-state index in [1.54, 1.807) is 19.2 Å². The van der Waals surface area contributed by atoms with Crippen molar-refractivity contribution < 1.29 is 8.42 Å². The minimum atomic E-state index is -3.32. The van der Waals surface area contributed by atoms with Gasteiger partial charge >= 0.3 is 0 Å². The second-order valence-electron chi connectivity index (χ2n) is 4.49. The van der Waals surface area contributed by atoms with Crippen LogP contribution in [0.5, 0.6) is 0 Å². The lowest BCUT2D eigenvalue weighted by atomic mass is 10.2. The van der Waals surface area contributed by atoms with Gasteiger partial charge in [-0.1, -0.05) is 31.5 Å². The molecule has 4 heteroatoms. The molecule has 0 aliphatic heterocycles. The molecule has 0 heterocycles. The first-order valence-electron chi connectivity index (χ1n) is 5.37. The molecule has 1 rings (SSSR count). The number of hydrogen-bond acceptors (Lipinski definition) is 2. The zero-order chi connectivity index (χ0) is 12.3. The van der Waals surface area contributed by atoms with Gasteiger partial charge in [0.2, 0.25) is 10.0 Å². The molecule has 0 saturated carbocycles. The maximum atomic E-state index is 12.1. The Bertz CT molecular complexity index is 435. The summed E-state index contributed by atoms with van der Waals surface area (Å²) in [6.07, 6.45) is 0. The van der Waals surface area contributed by atoms with E-state index < -0.39 is 10.0 Å². The van der Waals surface area contributed by atoms with E-state index in [0.717, 1.165) is 5.56 Å². The molecule has 0 bridgehead atoms. The maximum absolute atomic E-state index is 12.1. The first kappa shape index (κ1) is 13.2. The van der Waals surface area contributed by atoms with Gasteiger partial charge in [0, 0.05) is 13.6 Å². The zero-order valence-electron chi connectivity index (χ0n) is 10.3. The maximum Gasteiger partial charge on any atom is 0.242 e. The van der Waals surface area contributed by atoms with Gasteiger partial charge < -0.3 is 0 Å². The third kappa shape index (κ3) is 3.06. The highest BCUT2D eigenvalue weighted by Gasteiger charge is 2.20. The van der Waals surface area contributed by atoms with Crippen molar-refractivity contribution in [3.8, 4) is 0 Å². The van der Waals surface area contributed by atoms with Crippen LogP contribution in [0.15, 0.2) is 29.2 Å². The lowest BCUT2D eigenvalue weighted by Crippen LogP contribution is -2.30. The van der Waals surface area contributed by atoms with Gasteiger partial charge in [-0.25, -0.2) is 12.7 Å². The fraction of sp³-hybridized carbons (Fsp3) is 0.500. The average Bonchev–Trinajstić information content (AvgIpc) is 2.17. The monoisotopic (exact) mass is 241 g/mol. The van der Waals surface area contributed by atoms with Gasteiger partial charge in [-0.2, -0.15) is 0 Å². The predicted molar refractivity (Wildman–Crippen MR) is 65.8 cm³/mol. The summed E-state index contributed by atoms with van der Waals surface area (Å²) in [4.78, 5) is 0.362. The van der Waals surface area contributed by atoms with Crippen LogP contribution in [0.25, 0.3) is 0 Å². The fourth-order valence-electron chi connectivity index (χ4n) is 1.50. The van der Waals surface area contributed by atoms with Crippen LogP contribution in [0.1, 0.15) is 19.4 Å². The van der Waals surface area contributed by atoms with Crippen molar-refractivity contribution in [2.24, 2.45) is 5.92 Å². The highest BCUT2D eigenvalue weighted by atomic mass is 32.2. The van der Waals surface area contributed by atoms with Crippen LogP contribution in [-0.4, -0.2) is 26.3 Å². The second-order valence-corrected chi connectivity index (χ2v) is 6.54. The van der Waals surface area contributed by atoms with Crippen LogP contribution >= 0.6 is 0 Å². The molecule has 3 nitrogen and oxygen atoms in total. The highest BCUT2D eigenvalue weighted by Crippen LogP contribution is 2.15. The highest BCUT2D eigenvalue weighted by molar-refractivity contribution is 7.89. The quantitative estimate of drug-likeness (QED) is 0.811. The third-order valence-electron chi connectivity index (χ3n) is 2.35. The summed E-state index contributed by atoms with van der Waals surface area (Å²) >= 11 is 0. The lowest BCUT2D eigenvalue weighted by molar-refractivity contribution is 0.417. The van der Waals surface area contributed by atoms with Gasteiger partial charge in [-0.05, 0) is 25.0 Å². The summed E-state index contributed by atoms with van der Waals surface area (Å²) in [5.41, 5.74) is 1.06. The van der Waals surface area contributed by atoms with Crippen molar-refractivity contribution in [3.63, 3.8) is 0 Å². The first-order valence-corrected chi connectivity index (χ1v) is 6.81. The summed E-state index contributed by atoms with van der Waals surface area (Å²) in [5.74, 6) is 0.324. The Labute approximate surface area is 98.1 Å². The Morgan fingerprint density at radius 3 is 2.12 bits per heavy atom. The number of nitrogens with zero attached hydrogens (tertiary/aromatic N) is 1. The van der Waals surface area contributed by atoms with Gasteiger partial charge in [-0.15, -0.1) is 0 Å². The number of hydrogen-bond donors (Lipinski definition) is 0. The summed E-state index contributed by atoms with van der Waals surface area (Å²) in [7, 11) is -1.70. The van der Waals surface area contributed by atoms with E-state index in [-0.39, 0.29) is 0 Å². The lowest BCUT2D eigenvalue weighted by Gasteiger charge is -2.19. The van der Waals surface area contributed by atoms with E-state index in [4.69, 9.17) is 0 Å². The van der Waals surface area contributed by atoms with E-state index in [1.165, 1.54) is 4.31 Å². The van der Waals surface area contributed by atoms with Crippen LogP contribution in [0.4, 0.5) is 0 Å². The molecule has 0 atom stereocenters. The Balaban J connectivity index is 2.97. The summed E-state index contributed by atoms with van der Waals surface area (Å²) in [6, 6.07) is 6.94. The topological polar surface area (TPSA) is 37.4 Å². The number of aryl methyl sites for hydroxylation is 1. The van der Waals surface area contributed by atoms with E-state index in [2.05, 4.69) is 0 Å². The van der Waals surface area contributed by atoms with E-state index >= 15 is 0 Å². The average molecular weight is 241 g/mol. The summed E-state index contributed by atoms with van der Waals surface area (Å²) in [6.45, 7) is 6.48. The minimum absolute atomic E-state index is 0.324. The standard InChI is InChI=1S/C12H19NO2S/c1-10(2)9-13(4)16(14,15)12-7-5-11(3)6-8-12/h5-8,10H,9H2,1-4H3. The molecule has 0 radical (unpaired) electrons. The largest absolute Gasteiger partial charge is 0.242 e. The normalized spacial score (nSPS) is 12.4. The molecule has 0 aliphatic rings.